The molecule has 0 saturated carbocycles. The van der Waals surface area contributed by atoms with E-state index in [1.165, 1.54) is 51.5 Å². The van der Waals surface area contributed by atoms with Gasteiger partial charge in [-0.05, 0) is 72.8 Å². The minimum Gasteiger partial charge on any atom is -0.399 e. The van der Waals surface area contributed by atoms with E-state index in [1.807, 2.05) is 0 Å². The summed E-state index contributed by atoms with van der Waals surface area (Å²) < 4.78 is 213. The van der Waals surface area contributed by atoms with E-state index in [2.05, 4.69) is 35.9 Å². The van der Waals surface area contributed by atoms with E-state index < -0.39 is 87.8 Å². The van der Waals surface area contributed by atoms with Crippen LogP contribution in [-0.4, -0.2) is 45.2 Å². The lowest BCUT2D eigenvalue weighted by Gasteiger charge is -2.10. The number of nitrogen functional groups attached to an aromatic ring is 1. The highest BCUT2D eigenvalue weighted by molar-refractivity contribution is 6.04. The maximum atomic E-state index is 14.4. The number of carbonyl (C=O) groups is 1. The van der Waals surface area contributed by atoms with Crippen LogP contribution >= 0.6 is 0 Å². The number of nitrogens with zero attached hydrogens (tertiary/aromatic N) is 8. The third-order valence-corrected chi connectivity index (χ3v) is 10.0. The Bertz CT molecular complexity index is 3260. The van der Waals surface area contributed by atoms with Crippen LogP contribution in [0.25, 0.3) is 33.8 Å². The van der Waals surface area contributed by atoms with Gasteiger partial charge >= 0.3 is 18.5 Å². The third-order valence-electron chi connectivity index (χ3n) is 10.0. The zero-order chi connectivity index (χ0) is 53.9. The second-order valence-electron chi connectivity index (χ2n) is 15.1. The summed E-state index contributed by atoms with van der Waals surface area (Å²) in [5.41, 5.74) is 0.641. The number of aromatic nitrogens is 8. The Hall–Kier alpha value is -8.46. The number of carbonyl (C=O) groups excluding carboxylic acids is 1. The number of amides is 1. The zero-order valence-corrected chi connectivity index (χ0v) is 37.1. The summed E-state index contributed by atoms with van der Waals surface area (Å²) >= 11 is 0. The fourth-order valence-electron chi connectivity index (χ4n) is 6.57. The molecule has 5 heterocycles. The summed E-state index contributed by atoms with van der Waals surface area (Å²) in [7, 11) is 3.81. The number of halogens is 16. The molecule has 28 heteroatoms. The Labute approximate surface area is 399 Å². The minimum atomic E-state index is -4.70. The molecule has 0 bridgehead atoms. The van der Waals surface area contributed by atoms with Crippen molar-refractivity contribution in [3.05, 3.63) is 167 Å². The third kappa shape index (κ3) is 12.7. The molecule has 8 aromatic rings. The van der Waals surface area contributed by atoms with Crippen LogP contribution in [0.1, 0.15) is 33.0 Å². The van der Waals surface area contributed by atoms with Crippen LogP contribution in [0.4, 0.5) is 87.3 Å². The van der Waals surface area contributed by atoms with Crippen molar-refractivity contribution in [2.75, 3.05) is 16.4 Å². The van der Waals surface area contributed by atoms with Gasteiger partial charge in [-0.3, -0.25) is 28.8 Å². The SMILES string of the molecule is Cn1nc(C(F)(F)F)cc1-c1ccc(N)cc1F.Cn1nc(C(F)(F)F)cc1-c1ccc(NC(=O)c2c(F)cncc2F)cc1F.Cn1nc(C(F)(F)F)cc1-c1ccc(NCc2c(F)cncc2F)cc1F. The van der Waals surface area contributed by atoms with Crippen molar-refractivity contribution in [2.24, 2.45) is 21.1 Å². The Morgan fingerprint density at radius 1 is 0.493 bits per heavy atom. The van der Waals surface area contributed by atoms with E-state index >= 15 is 0 Å². The first kappa shape index (κ1) is 53.9. The van der Waals surface area contributed by atoms with E-state index in [0.717, 1.165) is 62.8 Å². The maximum absolute atomic E-state index is 14.4. The van der Waals surface area contributed by atoms with E-state index in [4.69, 9.17) is 5.73 Å². The topological polar surface area (TPSA) is 146 Å². The molecule has 384 valence electrons. The minimum absolute atomic E-state index is 0.0229. The van der Waals surface area contributed by atoms with Crippen molar-refractivity contribution in [2.45, 2.75) is 25.1 Å². The van der Waals surface area contributed by atoms with Crippen LogP contribution in [-0.2, 0) is 46.2 Å². The largest absolute Gasteiger partial charge is 0.435 e. The van der Waals surface area contributed by atoms with E-state index in [1.54, 1.807) is 0 Å². The lowest BCUT2D eigenvalue weighted by Crippen LogP contribution is -2.16. The molecule has 8 rings (SSSR count). The van der Waals surface area contributed by atoms with Crippen molar-refractivity contribution in [3.63, 3.8) is 0 Å². The van der Waals surface area contributed by atoms with Gasteiger partial charge in [-0.15, -0.1) is 0 Å². The number of alkyl halides is 9. The predicted molar refractivity (Wildman–Crippen MR) is 229 cm³/mol. The Morgan fingerprint density at radius 2 is 0.849 bits per heavy atom. The van der Waals surface area contributed by atoms with Crippen molar-refractivity contribution in [1.82, 2.24) is 39.3 Å². The summed E-state index contributed by atoms with van der Waals surface area (Å²) in [6.45, 7) is -0.261. The highest BCUT2D eigenvalue weighted by Gasteiger charge is 2.37. The summed E-state index contributed by atoms with van der Waals surface area (Å²) in [6, 6.07) is 12.8. The smallest absolute Gasteiger partial charge is 0.399 e. The maximum Gasteiger partial charge on any atom is 0.435 e. The molecule has 0 aliphatic rings. The van der Waals surface area contributed by atoms with E-state index in [0.29, 0.717) is 18.5 Å². The van der Waals surface area contributed by atoms with Crippen molar-refractivity contribution < 1.29 is 75.0 Å². The van der Waals surface area contributed by atoms with Gasteiger partial charge in [0.25, 0.3) is 5.91 Å². The van der Waals surface area contributed by atoms with Crippen LogP contribution < -0.4 is 16.4 Å². The Kier molecular flexibility index (Phi) is 15.6. The van der Waals surface area contributed by atoms with Gasteiger partial charge in [-0.1, -0.05) is 0 Å². The quantitative estimate of drug-likeness (QED) is 0.101. The summed E-state index contributed by atoms with van der Waals surface area (Å²) in [5.74, 6) is -7.76. The first-order valence-corrected chi connectivity index (χ1v) is 20.1. The fourth-order valence-corrected chi connectivity index (χ4v) is 6.57. The highest BCUT2D eigenvalue weighted by atomic mass is 19.4. The van der Waals surface area contributed by atoms with Gasteiger partial charge in [-0.25, -0.2) is 30.7 Å². The molecule has 0 saturated heterocycles. The molecule has 73 heavy (non-hydrogen) atoms. The molecule has 0 spiro atoms. The second-order valence-corrected chi connectivity index (χ2v) is 15.1. The number of anilines is 3. The van der Waals surface area contributed by atoms with Crippen LogP contribution in [0, 0.1) is 40.7 Å². The molecule has 0 unspecified atom stereocenters. The van der Waals surface area contributed by atoms with Gasteiger partial charge in [0.2, 0.25) is 0 Å². The van der Waals surface area contributed by atoms with E-state index in [9.17, 15) is 75.0 Å². The molecule has 1 amide bonds. The summed E-state index contributed by atoms with van der Waals surface area (Å²) in [6.07, 6.45) is -10.9. The van der Waals surface area contributed by atoms with Gasteiger partial charge in [0.1, 0.15) is 34.6 Å². The van der Waals surface area contributed by atoms with Crippen LogP contribution in [0.2, 0.25) is 0 Å². The molecule has 3 aromatic carbocycles. The number of pyridine rings is 2. The molecule has 0 fully saturated rings. The lowest BCUT2D eigenvalue weighted by molar-refractivity contribution is -0.142. The monoisotopic (exact) mass is 1050 g/mol. The average Bonchev–Trinajstić information content (AvgIpc) is 4.00. The second kappa shape index (κ2) is 21.1. The van der Waals surface area contributed by atoms with Crippen LogP contribution in [0.15, 0.2) is 97.6 Å². The molecular formula is C45H31F16N11O. The number of hydrogen-bond acceptors (Lipinski definition) is 8. The van der Waals surface area contributed by atoms with Gasteiger partial charge in [-0.2, -0.15) is 54.8 Å². The highest BCUT2D eigenvalue weighted by Crippen LogP contribution is 2.36. The van der Waals surface area contributed by atoms with Crippen LogP contribution in [0.3, 0.4) is 0 Å². The number of nitrogens with two attached hydrogens (primary N) is 1. The lowest BCUT2D eigenvalue weighted by atomic mass is 10.1. The van der Waals surface area contributed by atoms with Crippen molar-refractivity contribution in [1.29, 1.82) is 0 Å². The first-order valence-electron chi connectivity index (χ1n) is 20.1. The fraction of sp³-hybridized carbons (Fsp3) is 0.156. The standard InChI is InChI=1S/C17H10F6N4O.C17H12F6N4.C11H9F4N3/c1-27-13(5-14(26-27)17(21,22)23)9-3-2-8(4-10(9)18)25-16(28)15-11(19)6-24-7-12(15)20;1-27-15(5-16(26-27)17(21,22)23)10-3-2-9(4-12(10)18)25-6-11-13(19)7-24-8-14(11)20;1-18-9(5-10(17-18)11(13,14)15)7-3-2-6(16)4-8(7)12/h2-7H,1H3,(H,25,28);2-5,7-8,25H,6H2,1H3;2-5H,16H2,1H3. The van der Waals surface area contributed by atoms with Gasteiger partial charge in [0, 0.05) is 67.0 Å². The Morgan fingerprint density at radius 3 is 1.22 bits per heavy atom. The number of nitrogens with one attached hydrogen (secondary N) is 2. The molecule has 0 atom stereocenters. The summed E-state index contributed by atoms with van der Waals surface area (Å²) in [4.78, 5) is 18.6. The first-order chi connectivity index (χ1) is 34.0. The van der Waals surface area contributed by atoms with Crippen molar-refractivity contribution in [3.8, 4) is 33.8 Å². The molecule has 0 aliphatic carbocycles. The summed E-state index contributed by atoms with van der Waals surface area (Å²) in [5, 5.41) is 14.7. The van der Waals surface area contributed by atoms with Gasteiger partial charge in [0.15, 0.2) is 28.7 Å². The Balaban J connectivity index is 0.000000183. The van der Waals surface area contributed by atoms with Crippen molar-refractivity contribution >= 4 is 23.0 Å². The van der Waals surface area contributed by atoms with Gasteiger partial charge in [0.05, 0.1) is 41.9 Å². The molecule has 0 radical (unpaired) electrons. The number of hydrogen-bond donors (Lipinski definition) is 3. The normalized spacial score (nSPS) is 11.7. The molecule has 0 aliphatic heterocycles. The predicted octanol–water partition coefficient (Wildman–Crippen LogP) is 11.5. The van der Waals surface area contributed by atoms with Crippen LogP contribution in [0.5, 0.6) is 0 Å². The number of rotatable bonds is 8. The molecular weight excluding hydrogens is 1010 g/mol. The average molecular weight is 1050 g/mol. The molecule has 5 aromatic heterocycles. The molecule has 12 nitrogen and oxygen atoms in total. The molecule has 4 N–H and O–H groups in total. The zero-order valence-electron chi connectivity index (χ0n) is 37.1. The number of benzene rings is 3. The van der Waals surface area contributed by atoms with E-state index in [-0.39, 0.29) is 62.9 Å². The number of aryl methyl sites for hydroxylation is 3. The van der Waals surface area contributed by atoms with Gasteiger partial charge < -0.3 is 16.4 Å².